The van der Waals surface area contributed by atoms with Gasteiger partial charge in [-0.3, -0.25) is 0 Å². The van der Waals surface area contributed by atoms with Gasteiger partial charge in [-0.1, -0.05) is 0 Å². The highest BCUT2D eigenvalue weighted by Gasteiger charge is 1.75. The lowest BCUT2D eigenvalue weighted by molar-refractivity contribution is 0.375. The van der Waals surface area contributed by atoms with E-state index >= 15 is 0 Å². The Labute approximate surface area is 43.3 Å². The highest BCUT2D eigenvalue weighted by atomic mass is 32.1. The smallest absolute Gasteiger partial charge is 0.0622 e. The van der Waals surface area contributed by atoms with E-state index in [1.807, 2.05) is 0 Å². The molecule has 0 rings (SSSR count). The summed E-state index contributed by atoms with van der Waals surface area (Å²) < 4.78 is 4.40. The molecule has 0 atom stereocenters. The Morgan fingerprint density at radius 3 is 2.50 bits per heavy atom. The predicted molar refractivity (Wildman–Crippen MR) is 28.6 cm³/mol. The SMILES string of the molecule is NCCCOS. The number of hydrogen-bond donors (Lipinski definition) is 2. The molecule has 6 heavy (non-hydrogen) atoms. The van der Waals surface area contributed by atoms with Gasteiger partial charge in [0.25, 0.3) is 0 Å². The van der Waals surface area contributed by atoms with Gasteiger partial charge in [0.05, 0.1) is 6.61 Å². The minimum Gasteiger partial charge on any atom is -0.330 e. The summed E-state index contributed by atoms with van der Waals surface area (Å²) in [7, 11) is 0. The molecule has 0 aromatic rings. The molecule has 2 N–H and O–H groups in total. The molecule has 0 saturated heterocycles. The van der Waals surface area contributed by atoms with Crippen molar-refractivity contribution in [2.24, 2.45) is 5.73 Å². The maximum atomic E-state index is 5.10. The summed E-state index contributed by atoms with van der Waals surface area (Å²) in [4.78, 5) is 0. The highest BCUT2D eigenvalue weighted by Crippen LogP contribution is 1.79. The maximum absolute atomic E-state index is 5.10. The molecule has 0 spiro atoms. The summed E-state index contributed by atoms with van der Waals surface area (Å²) in [6.45, 7) is 1.33. The van der Waals surface area contributed by atoms with E-state index in [-0.39, 0.29) is 0 Å². The molecule has 0 bridgehead atoms. The molecule has 0 radical (unpaired) electrons. The van der Waals surface area contributed by atoms with Crippen molar-refractivity contribution in [3.8, 4) is 0 Å². The molecule has 38 valence electrons. The lowest BCUT2D eigenvalue weighted by Crippen LogP contribution is -2.00. The molecular weight excluding hydrogens is 98.1 g/mol. The first-order valence-corrected chi connectivity index (χ1v) is 2.24. The van der Waals surface area contributed by atoms with Crippen molar-refractivity contribution in [3.05, 3.63) is 0 Å². The third kappa shape index (κ3) is 4.27. The van der Waals surface area contributed by atoms with Crippen molar-refractivity contribution in [3.63, 3.8) is 0 Å². The van der Waals surface area contributed by atoms with Crippen LogP contribution in [-0.2, 0) is 4.18 Å². The van der Waals surface area contributed by atoms with Gasteiger partial charge in [0, 0.05) is 0 Å². The van der Waals surface area contributed by atoms with Gasteiger partial charge in [-0.2, -0.15) is 0 Å². The highest BCUT2D eigenvalue weighted by molar-refractivity contribution is 7.75. The summed E-state index contributed by atoms with van der Waals surface area (Å²) in [5, 5.41) is 0. The Bertz CT molecular complexity index is 22.8. The Kier molecular flexibility index (Phi) is 5.51. The molecular formula is C3H9NOS. The Morgan fingerprint density at radius 2 is 2.33 bits per heavy atom. The van der Waals surface area contributed by atoms with Crippen LogP contribution in [0.2, 0.25) is 0 Å². The molecule has 0 aromatic carbocycles. The summed E-state index contributed by atoms with van der Waals surface area (Å²) in [6.07, 6.45) is 0.892. The predicted octanol–water partition coefficient (Wildman–Crippen LogP) is 0.197. The van der Waals surface area contributed by atoms with Crippen LogP contribution >= 0.6 is 12.9 Å². The third-order valence-corrected chi connectivity index (χ3v) is 0.622. The quantitative estimate of drug-likeness (QED) is 0.307. The van der Waals surface area contributed by atoms with Gasteiger partial charge in [0.2, 0.25) is 0 Å². The average Bonchev–Trinajstić information content (AvgIpc) is 1.61. The van der Waals surface area contributed by atoms with E-state index in [0.717, 1.165) is 6.42 Å². The van der Waals surface area contributed by atoms with Crippen LogP contribution in [0.15, 0.2) is 0 Å². The first-order chi connectivity index (χ1) is 2.91. The van der Waals surface area contributed by atoms with Crippen LogP contribution in [-0.4, -0.2) is 13.2 Å². The topological polar surface area (TPSA) is 35.2 Å². The van der Waals surface area contributed by atoms with E-state index in [4.69, 9.17) is 5.73 Å². The molecule has 0 aliphatic carbocycles. The van der Waals surface area contributed by atoms with Crippen LogP contribution in [0.1, 0.15) is 6.42 Å². The fraction of sp³-hybridized carbons (Fsp3) is 1.00. The van der Waals surface area contributed by atoms with Crippen molar-refractivity contribution < 1.29 is 4.18 Å². The summed E-state index contributed by atoms with van der Waals surface area (Å²) in [5.41, 5.74) is 5.10. The lowest BCUT2D eigenvalue weighted by Gasteiger charge is -1.88. The third-order valence-electron chi connectivity index (χ3n) is 0.440. The molecule has 0 aliphatic rings. The zero-order valence-corrected chi connectivity index (χ0v) is 4.45. The second-order valence-electron chi connectivity index (χ2n) is 0.975. The number of thiol groups is 1. The standard InChI is InChI=1S/C3H9NOS/c4-2-1-3-5-6/h6H,1-4H2. The first kappa shape index (κ1) is 6.27. The van der Waals surface area contributed by atoms with Gasteiger partial charge in [-0.25, -0.2) is 0 Å². The second-order valence-corrected chi connectivity index (χ2v) is 1.23. The van der Waals surface area contributed by atoms with Gasteiger partial charge in [0.15, 0.2) is 0 Å². The van der Waals surface area contributed by atoms with E-state index in [9.17, 15) is 0 Å². The Balaban J connectivity index is 2.34. The zero-order chi connectivity index (χ0) is 4.83. The number of rotatable bonds is 3. The monoisotopic (exact) mass is 107 g/mol. The molecule has 0 aromatic heterocycles. The summed E-state index contributed by atoms with van der Waals surface area (Å²) in [6, 6.07) is 0. The number of hydrogen-bond acceptors (Lipinski definition) is 3. The second kappa shape index (κ2) is 5.27. The fourth-order valence-corrected chi connectivity index (χ4v) is 0.277. The van der Waals surface area contributed by atoms with E-state index in [2.05, 4.69) is 17.1 Å². The molecule has 2 nitrogen and oxygen atoms in total. The van der Waals surface area contributed by atoms with Gasteiger partial charge in [-0.05, 0) is 25.9 Å². The van der Waals surface area contributed by atoms with E-state index in [0.29, 0.717) is 13.2 Å². The molecule has 0 saturated carbocycles. The average molecular weight is 107 g/mol. The Hall–Kier alpha value is 0.270. The largest absolute Gasteiger partial charge is 0.330 e. The minimum absolute atomic E-state index is 0.652. The van der Waals surface area contributed by atoms with Crippen LogP contribution in [0, 0.1) is 0 Å². The maximum Gasteiger partial charge on any atom is 0.0622 e. The molecule has 0 aliphatic heterocycles. The van der Waals surface area contributed by atoms with Crippen molar-refractivity contribution in [1.29, 1.82) is 0 Å². The molecule has 0 fully saturated rings. The van der Waals surface area contributed by atoms with E-state index in [1.165, 1.54) is 0 Å². The van der Waals surface area contributed by atoms with Crippen LogP contribution in [0.5, 0.6) is 0 Å². The normalized spacial score (nSPS) is 9.00. The molecule has 0 unspecified atom stereocenters. The fourth-order valence-electron chi connectivity index (χ4n) is 0.148. The van der Waals surface area contributed by atoms with E-state index < -0.39 is 0 Å². The summed E-state index contributed by atoms with van der Waals surface area (Å²) in [5.74, 6) is 0. The Morgan fingerprint density at radius 1 is 1.67 bits per heavy atom. The number of nitrogens with two attached hydrogens (primary N) is 1. The van der Waals surface area contributed by atoms with Crippen molar-refractivity contribution >= 4 is 12.9 Å². The van der Waals surface area contributed by atoms with E-state index in [1.54, 1.807) is 0 Å². The van der Waals surface area contributed by atoms with Gasteiger partial charge in [0.1, 0.15) is 0 Å². The molecule has 0 amide bonds. The van der Waals surface area contributed by atoms with Gasteiger partial charge < -0.3 is 9.92 Å². The van der Waals surface area contributed by atoms with Crippen LogP contribution < -0.4 is 5.73 Å². The van der Waals surface area contributed by atoms with Crippen molar-refractivity contribution in [2.75, 3.05) is 13.2 Å². The first-order valence-electron chi connectivity index (χ1n) is 1.88. The lowest BCUT2D eigenvalue weighted by atomic mass is 10.5. The van der Waals surface area contributed by atoms with Crippen LogP contribution in [0.3, 0.4) is 0 Å². The van der Waals surface area contributed by atoms with Gasteiger partial charge >= 0.3 is 0 Å². The minimum atomic E-state index is 0.652. The van der Waals surface area contributed by atoms with Crippen LogP contribution in [0.25, 0.3) is 0 Å². The van der Waals surface area contributed by atoms with Gasteiger partial charge in [-0.15, -0.1) is 0 Å². The van der Waals surface area contributed by atoms with Crippen LogP contribution in [0.4, 0.5) is 0 Å². The summed E-state index contributed by atoms with van der Waals surface area (Å²) >= 11 is 3.50. The molecule has 3 heteroatoms. The zero-order valence-electron chi connectivity index (χ0n) is 3.55. The van der Waals surface area contributed by atoms with Crippen molar-refractivity contribution in [1.82, 2.24) is 0 Å². The van der Waals surface area contributed by atoms with Crippen molar-refractivity contribution in [2.45, 2.75) is 6.42 Å². The molecule has 0 heterocycles.